The van der Waals surface area contributed by atoms with Gasteiger partial charge in [0.15, 0.2) is 17.0 Å². The second kappa shape index (κ2) is 10.0. The molecule has 2 N–H and O–H groups in total. The minimum absolute atomic E-state index is 0.188. The number of benzene rings is 1. The first-order chi connectivity index (χ1) is 18.1. The van der Waals surface area contributed by atoms with Crippen LogP contribution >= 0.6 is 0 Å². The number of pyridine rings is 1. The molecule has 0 unspecified atom stereocenters. The zero-order valence-corrected chi connectivity index (χ0v) is 20.8. The molecule has 0 radical (unpaired) electrons. The minimum Gasteiger partial charge on any atom is -0.464 e. The van der Waals surface area contributed by atoms with Crippen LogP contribution in [0, 0.1) is 5.82 Å². The van der Waals surface area contributed by atoms with Crippen molar-refractivity contribution in [3.05, 3.63) is 59.7 Å². The fourth-order valence-corrected chi connectivity index (χ4v) is 5.21. The molecule has 3 aromatic heterocycles. The third-order valence-corrected chi connectivity index (χ3v) is 7.30. The third-order valence-electron chi connectivity index (χ3n) is 7.30. The Bertz CT molecular complexity index is 1400. The molecule has 2 fully saturated rings. The lowest BCUT2D eigenvalue weighted by Crippen LogP contribution is -2.51. The molecule has 0 amide bonds. The number of rotatable bonds is 7. The first-order valence-corrected chi connectivity index (χ1v) is 12.8. The Morgan fingerprint density at radius 3 is 2.54 bits per heavy atom. The summed E-state index contributed by atoms with van der Waals surface area (Å²) in [5.41, 5.74) is 10.2. The number of nitrogen functional groups attached to an aromatic ring is 1. The van der Waals surface area contributed by atoms with Crippen LogP contribution in [0.3, 0.4) is 0 Å². The molecule has 4 aromatic rings. The van der Waals surface area contributed by atoms with Gasteiger partial charge in [-0.25, -0.2) is 9.37 Å². The number of aromatic nitrogens is 5. The third kappa shape index (κ3) is 4.74. The molecular formula is C27H30FN7O2. The summed E-state index contributed by atoms with van der Waals surface area (Å²) in [5.74, 6) is 0.863. The fraction of sp³-hybridized carbons (Fsp3) is 0.407. The Morgan fingerprint density at radius 1 is 1.08 bits per heavy atom. The molecule has 192 valence electrons. The van der Waals surface area contributed by atoms with Gasteiger partial charge in [0.1, 0.15) is 11.6 Å². The van der Waals surface area contributed by atoms with Gasteiger partial charge in [-0.3, -0.25) is 9.88 Å². The summed E-state index contributed by atoms with van der Waals surface area (Å²) in [7, 11) is 0. The van der Waals surface area contributed by atoms with Crippen LogP contribution in [0.5, 0.6) is 6.01 Å². The number of hydrogen-bond acceptors (Lipinski definition) is 8. The predicted molar refractivity (Wildman–Crippen MR) is 138 cm³/mol. The van der Waals surface area contributed by atoms with E-state index >= 15 is 0 Å². The summed E-state index contributed by atoms with van der Waals surface area (Å²) in [5, 5.41) is 0. The first-order valence-electron chi connectivity index (χ1n) is 12.8. The van der Waals surface area contributed by atoms with Crippen LogP contribution in [0.1, 0.15) is 36.8 Å². The number of ether oxygens (including phenoxy) is 2. The Labute approximate surface area is 214 Å². The summed E-state index contributed by atoms with van der Waals surface area (Å²) in [6.07, 6.45) is 5.07. The van der Waals surface area contributed by atoms with Crippen molar-refractivity contribution < 1.29 is 13.9 Å². The van der Waals surface area contributed by atoms with Crippen LogP contribution in [0.4, 0.5) is 10.2 Å². The maximum absolute atomic E-state index is 14.0. The van der Waals surface area contributed by atoms with Crippen molar-refractivity contribution in [2.45, 2.75) is 38.3 Å². The number of hydrogen-bond donors (Lipinski definition) is 1. The molecule has 9 nitrogen and oxygen atoms in total. The van der Waals surface area contributed by atoms with Crippen LogP contribution < -0.4 is 10.5 Å². The molecular weight excluding hydrogens is 473 g/mol. The number of anilines is 1. The van der Waals surface area contributed by atoms with Gasteiger partial charge in [0.05, 0.1) is 38.6 Å². The lowest BCUT2D eigenvalue weighted by molar-refractivity contribution is -0.0712. The van der Waals surface area contributed by atoms with E-state index in [4.69, 9.17) is 15.2 Å². The van der Waals surface area contributed by atoms with Crippen molar-refractivity contribution in [1.82, 2.24) is 29.4 Å². The molecule has 37 heavy (non-hydrogen) atoms. The fourth-order valence-electron chi connectivity index (χ4n) is 5.21. The Balaban J connectivity index is 1.29. The van der Waals surface area contributed by atoms with E-state index in [1.807, 2.05) is 11.5 Å². The van der Waals surface area contributed by atoms with Gasteiger partial charge >= 0.3 is 6.01 Å². The highest BCUT2D eigenvalue weighted by molar-refractivity contribution is 5.85. The summed E-state index contributed by atoms with van der Waals surface area (Å²) >= 11 is 0. The molecule has 6 rings (SSSR count). The lowest BCUT2D eigenvalue weighted by Gasteiger charge is -2.41. The minimum atomic E-state index is -0.439. The largest absolute Gasteiger partial charge is 0.464 e. The lowest BCUT2D eigenvalue weighted by atomic mass is 9.88. The SMILES string of the molecule is CCOc1nc(N)c2nc(-c3cncc(F)c3)n(Cc3ccc(C4CCN(C5COC5)CC4)cc3)c2n1. The van der Waals surface area contributed by atoms with Crippen LogP contribution in [0.2, 0.25) is 0 Å². The second-order valence-corrected chi connectivity index (χ2v) is 9.65. The molecule has 2 aliphatic rings. The summed E-state index contributed by atoms with van der Waals surface area (Å²) in [4.78, 5) is 20.0. The van der Waals surface area contributed by atoms with Crippen molar-refractivity contribution in [3.8, 4) is 17.4 Å². The van der Waals surface area contributed by atoms with Gasteiger partial charge in [-0.15, -0.1) is 0 Å². The Kier molecular flexibility index (Phi) is 6.43. The number of imidazole rings is 1. The van der Waals surface area contributed by atoms with E-state index in [1.165, 1.54) is 17.8 Å². The van der Waals surface area contributed by atoms with E-state index in [-0.39, 0.29) is 11.8 Å². The Morgan fingerprint density at radius 2 is 1.86 bits per heavy atom. The molecule has 10 heteroatoms. The normalized spacial score (nSPS) is 17.2. The number of likely N-dealkylation sites (tertiary alicyclic amines) is 1. The highest BCUT2D eigenvalue weighted by Crippen LogP contribution is 2.32. The van der Waals surface area contributed by atoms with Gasteiger partial charge in [-0.2, -0.15) is 9.97 Å². The van der Waals surface area contributed by atoms with E-state index in [2.05, 4.69) is 49.1 Å². The number of nitrogens with two attached hydrogens (primary N) is 1. The monoisotopic (exact) mass is 503 g/mol. The van der Waals surface area contributed by atoms with Crippen LogP contribution in [-0.4, -0.2) is 68.4 Å². The molecule has 0 atom stereocenters. The van der Waals surface area contributed by atoms with Gasteiger partial charge in [-0.1, -0.05) is 24.3 Å². The maximum Gasteiger partial charge on any atom is 0.320 e. The average Bonchev–Trinajstić information content (AvgIpc) is 3.23. The van der Waals surface area contributed by atoms with Crippen molar-refractivity contribution in [1.29, 1.82) is 0 Å². The summed E-state index contributed by atoms with van der Waals surface area (Å²) in [6.45, 7) is 6.74. The van der Waals surface area contributed by atoms with E-state index < -0.39 is 5.82 Å². The molecule has 0 spiro atoms. The van der Waals surface area contributed by atoms with Crippen molar-refractivity contribution >= 4 is 17.0 Å². The number of nitrogens with zero attached hydrogens (tertiary/aromatic N) is 6. The maximum atomic E-state index is 14.0. The topological polar surface area (TPSA) is 104 Å². The van der Waals surface area contributed by atoms with Gasteiger partial charge in [0.2, 0.25) is 0 Å². The smallest absolute Gasteiger partial charge is 0.320 e. The van der Waals surface area contributed by atoms with Gasteiger partial charge in [0, 0.05) is 11.8 Å². The first kappa shape index (κ1) is 23.7. The predicted octanol–water partition coefficient (Wildman–Crippen LogP) is 3.63. The highest BCUT2D eigenvalue weighted by atomic mass is 19.1. The van der Waals surface area contributed by atoms with Gasteiger partial charge in [-0.05, 0) is 56.0 Å². The number of halogens is 1. The standard InChI is InChI=1S/C27H30FN7O2/c1-2-37-27-32-24(29)23-26(33-27)35(25(31-23)20-11-21(28)13-30-12-20)14-17-3-5-18(6-4-17)19-7-9-34(10-8-19)22-15-36-16-22/h3-6,11-13,19,22H,2,7-10,14-16H2,1H3,(H2,29,32,33). The molecule has 1 aromatic carbocycles. The molecule has 0 bridgehead atoms. The Hall–Kier alpha value is -3.63. The van der Waals surface area contributed by atoms with Crippen LogP contribution in [-0.2, 0) is 11.3 Å². The molecule has 2 aliphatic heterocycles. The highest BCUT2D eigenvalue weighted by Gasteiger charge is 2.30. The van der Waals surface area contributed by atoms with Crippen LogP contribution in [0.15, 0.2) is 42.7 Å². The van der Waals surface area contributed by atoms with Crippen molar-refractivity contribution in [2.75, 3.05) is 38.6 Å². The van der Waals surface area contributed by atoms with Crippen molar-refractivity contribution in [2.24, 2.45) is 0 Å². The average molecular weight is 504 g/mol. The van der Waals surface area contributed by atoms with E-state index in [0.29, 0.717) is 47.7 Å². The zero-order valence-electron chi connectivity index (χ0n) is 20.8. The van der Waals surface area contributed by atoms with E-state index in [9.17, 15) is 4.39 Å². The number of piperidine rings is 1. The van der Waals surface area contributed by atoms with E-state index in [0.717, 1.165) is 44.7 Å². The van der Waals surface area contributed by atoms with Gasteiger partial charge in [0.25, 0.3) is 0 Å². The molecule has 5 heterocycles. The molecule has 0 saturated carbocycles. The summed E-state index contributed by atoms with van der Waals surface area (Å²) < 4.78 is 26.8. The van der Waals surface area contributed by atoms with Crippen LogP contribution in [0.25, 0.3) is 22.6 Å². The van der Waals surface area contributed by atoms with Gasteiger partial charge < -0.3 is 19.8 Å². The van der Waals surface area contributed by atoms with E-state index in [1.54, 1.807) is 6.20 Å². The summed E-state index contributed by atoms with van der Waals surface area (Å²) in [6, 6.07) is 10.9. The van der Waals surface area contributed by atoms with Crippen molar-refractivity contribution in [3.63, 3.8) is 0 Å². The molecule has 0 aliphatic carbocycles. The molecule has 2 saturated heterocycles. The second-order valence-electron chi connectivity index (χ2n) is 9.65. The quantitative estimate of drug-likeness (QED) is 0.408. The number of fused-ring (bicyclic) bond motifs is 1. The zero-order chi connectivity index (χ0) is 25.4.